The van der Waals surface area contributed by atoms with Crippen molar-refractivity contribution in [1.29, 1.82) is 0 Å². The van der Waals surface area contributed by atoms with Crippen LogP contribution in [-0.2, 0) is 14.2 Å². The predicted octanol–water partition coefficient (Wildman–Crippen LogP) is 4.36. The van der Waals surface area contributed by atoms with Crippen LogP contribution >= 0.6 is 0 Å². The van der Waals surface area contributed by atoms with Gasteiger partial charge in [0, 0.05) is 0 Å². The van der Waals surface area contributed by atoms with E-state index in [0.29, 0.717) is 13.2 Å². The van der Waals surface area contributed by atoms with Gasteiger partial charge in [0.15, 0.2) is 0 Å². The second-order valence-corrected chi connectivity index (χ2v) is 6.99. The SMILES string of the molecule is CC(COC1(C)C=CC=CC1)OCC(C)OC1(C)C=CC=CC1. The molecule has 3 heteroatoms. The number of hydrogen-bond acceptors (Lipinski definition) is 3. The van der Waals surface area contributed by atoms with E-state index in [1.165, 1.54) is 0 Å². The summed E-state index contributed by atoms with van der Waals surface area (Å²) < 4.78 is 18.0. The summed E-state index contributed by atoms with van der Waals surface area (Å²) >= 11 is 0. The Morgan fingerprint density at radius 2 is 1.43 bits per heavy atom. The zero-order chi connectivity index (χ0) is 16.8. The van der Waals surface area contributed by atoms with Crippen molar-refractivity contribution < 1.29 is 14.2 Å². The molecule has 4 unspecified atom stereocenters. The normalized spacial score (nSPS) is 32.2. The molecule has 0 amide bonds. The monoisotopic (exact) mass is 318 g/mol. The van der Waals surface area contributed by atoms with Crippen LogP contribution in [-0.4, -0.2) is 36.6 Å². The molecule has 0 aromatic rings. The first-order valence-corrected chi connectivity index (χ1v) is 8.53. The molecule has 0 bridgehead atoms. The van der Waals surface area contributed by atoms with Crippen molar-refractivity contribution >= 4 is 0 Å². The first-order valence-electron chi connectivity index (χ1n) is 8.53. The fourth-order valence-electron chi connectivity index (χ4n) is 2.76. The Morgan fingerprint density at radius 1 is 0.826 bits per heavy atom. The van der Waals surface area contributed by atoms with Gasteiger partial charge in [0.05, 0.1) is 36.6 Å². The third-order valence-electron chi connectivity index (χ3n) is 4.17. The second kappa shape index (κ2) is 8.09. The molecule has 0 heterocycles. The van der Waals surface area contributed by atoms with E-state index in [-0.39, 0.29) is 23.4 Å². The Morgan fingerprint density at radius 3 is 2.00 bits per heavy atom. The number of allylic oxidation sites excluding steroid dienone is 4. The maximum absolute atomic E-state index is 6.12. The lowest BCUT2D eigenvalue weighted by molar-refractivity contribution is -0.110. The minimum Gasteiger partial charge on any atom is -0.373 e. The number of ether oxygens (including phenoxy) is 3. The lowest BCUT2D eigenvalue weighted by Crippen LogP contribution is -2.35. The van der Waals surface area contributed by atoms with Gasteiger partial charge in [0.25, 0.3) is 0 Å². The molecule has 4 atom stereocenters. The molecule has 0 aromatic heterocycles. The maximum atomic E-state index is 6.12. The minimum absolute atomic E-state index is 0.0479. The second-order valence-electron chi connectivity index (χ2n) is 6.99. The van der Waals surface area contributed by atoms with E-state index in [2.05, 4.69) is 57.2 Å². The third kappa shape index (κ3) is 6.09. The Bertz CT molecular complexity index is 491. The van der Waals surface area contributed by atoms with Crippen LogP contribution in [0, 0.1) is 0 Å². The van der Waals surface area contributed by atoms with Gasteiger partial charge in [-0.2, -0.15) is 0 Å². The molecule has 0 aliphatic heterocycles. The molecular weight excluding hydrogens is 288 g/mol. The van der Waals surface area contributed by atoms with Crippen molar-refractivity contribution in [3.63, 3.8) is 0 Å². The van der Waals surface area contributed by atoms with Gasteiger partial charge >= 0.3 is 0 Å². The highest BCUT2D eigenvalue weighted by molar-refractivity contribution is 5.18. The van der Waals surface area contributed by atoms with Gasteiger partial charge in [0.1, 0.15) is 0 Å². The molecule has 2 rings (SSSR count). The lowest BCUT2D eigenvalue weighted by Gasteiger charge is -2.32. The molecule has 0 fully saturated rings. The standard InChI is InChI=1S/C20H30O3/c1-17(16-22-19(3)11-7-5-8-12-19)21-15-18(2)23-20(4)13-9-6-10-14-20/h5-11,13,17-18H,12,14-16H2,1-4H3. The van der Waals surface area contributed by atoms with Crippen LogP contribution in [0.25, 0.3) is 0 Å². The summed E-state index contributed by atoms with van der Waals surface area (Å²) in [5.74, 6) is 0. The Balaban J connectivity index is 1.66. The molecule has 0 aromatic carbocycles. The van der Waals surface area contributed by atoms with Crippen molar-refractivity contribution in [3.05, 3.63) is 48.6 Å². The van der Waals surface area contributed by atoms with Gasteiger partial charge in [-0.1, -0.05) is 48.6 Å². The molecular formula is C20H30O3. The summed E-state index contributed by atoms with van der Waals surface area (Å²) in [5, 5.41) is 0. The summed E-state index contributed by atoms with van der Waals surface area (Å²) in [6, 6.07) is 0. The molecule has 0 saturated heterocycles. The fourth-order valence-corrected chi connectivity index (χ4v) is 2.76. The van der Waals surface area contributed by atoms with Gasteiger partial charge in [0.2, 0.25) is 0 Å². The summed E-state index contributed by atoms with van der Waals surface area (Å²) in [7, 11) is 0. The van der Waals surface area contributed by atoms with Gasteiger partial charge < -0.3 is 14.2 Å². The quantitative estimate of drug-likeness (QED) is 0.665. The van der Waals surface area contributed by atoms with E-state index in [1.807, 2.05) is 19.1 Å². The van der Waals surface area contributed by atoms with Crippen LogP contribution in [0.15, 0.2) is 48.6 Å². The van der Waals surface area contributed by atoms with Crippen LogP contribution in [0.2, 0.25) is 0 Å². The van der Waals surface area contributed by atoms with Crippen LogP contribution in [0.3, 0.4) is 0 Å². The smallest absolute Gasteiger partial charge is 0.0876 e. The summed E-state index contributed by atoms with van der Waals surface area (Å²) in [5.41, 5.74) is -0.425. The lowest BCUT2D eigenvalue weighted by atomic mass is 9.97. The van der Waals surface area contributed by atoms with E-state index >= 15 is 0 Å². The zero-order valence-corrected chi connectivity index (χ0v) is 14.8. The van der Waals surface area contributed by atoms with Crippen molar-refractivity contribution in [2.45, 2.75) is 63.9 Å². The zero-order valence-electron chi connectivity index (χ0n) is 14.8. The third-order valence-corrected chi connectivity index (χ3v) is 4.17. The highest BCUT2D eigenvalue weighted by Crippen LogP contribution is 2.24. The number of rotatable bonds is 8. The van der Waals surface area contributed by atoms with E-state index in [1.54, 1.807) is 0 Å². The van der Waals surface area contributed by atoms with Gasteiger partial charge in [-0.05, 0) is 40.5 Å². The average Bonchev–Trinajstić information content (AvgIpc) is 2.52. The van der Waals surface area contributed by atoms with Gasteiger partial charge in [-0.3, -0.25) is 0 Å². The predicted molar refractivity (Wildman–Crippen MR) is 94.5 cm³/mol. The van der Waals surface area contributed by atoms with Gasteiger partial charge in [-0.15, -0.1) is 0 Å². The first kappa shape index (κ1) is 18.2. The molecule has 0 N–H and O–H groups in total. The van der Waals surface area contributed by atoms with Crippen molar-refractivity contribution in [2.24, 2.45) is 0 Å². The van der Waals surface area contributed by atoms with Crippen LogP contribution in [0.1, 0.15) is 40.5 Å². The molecule has 2 aliphatic carbocycles. The van der Waals surface area contributed by atoms with E-state index < -0.39 is 0 Å². The maximum Gasteiger partial charge on any atom is 0.0876 e. The Labute approximate surface area is 140 Å². The molecule has 0 spiro atoms. The minimum atomic E-state index is -0.218. The molecule has 23 heavy (non-hydrogen) atoms. The van der Waals surface area contributed by atoms with Gasteiger partial charge in [-0.25, -0.2) is 0 Å². The highest BCUT2D eigenvalue weighted by Gasteiger charge is 2.25. The summed E-state index contributed by atoms with van der Waals surface area (Å²) in [4.78, 5) is 0. The van der Waals surface area contributed by atoms with Crippen molar-refractivity contribution in [2.75, 3.05) is 13.2 Å². The summed E-state index contributed by atoms with van der Waals surface area (Å²) in [6.45, 7) is 9.48. The Hall–Kier alpha value is -1.16. The van der Waals surface area contributed by atoms with Crippen LogP contribution in [0.4, 0.5) is 0 Å². The Kier molecular flexibility index (Phi) is 6.40. The highest BCUT2D eigenvalue weighted by atomic mass is 16.6. The van der Waals surface area contributed by atoms with E-state index in [9.17, 15) is 0 Å². The molecule has 0 saturated carbocycles. The molecule has 0 radical (unpaired) electrons. The molecule has 128 valence electrons. The number of hydrogen-bond donors (Lipinski definition) is 0. The average molecular weight is 318 g/mol. The van der Waals surface area contributed by atoms with Crippen LogP contribution < -0.4 is 0 Å². The first-order chi connectivity index (χ1) is 10.9. The van der Waals surface area contributed by atoms with E-state index in [0.717, 1.165) is 12.8 Å². The van der Waals surface area contributed by atoms with Crippen LogP contribution in [0.5, 0.6) is 0 Å². The van der Waals surface area contributed by atoms with Crippen molar-refractivity contribution in [1.82, 2.24) is 0 Å². The topological polar surface area (TPSA) is 27.7 Å². The largest absolute Gasteiger partial charge is 0.373 e. The summed E-state index contributed by atoms with van der Waals surface area (Å²) in [6.07, 6.45) is 18.6. The molecule has 2 aliphatic rings. The fraction of sp³-hybridized carbons (Fsp3) is 0.600. The van der Waals surface area contributed by atoms with Crippen molar-refractivity contribution in [3.8, 4) is 0 Å². The molecule has 3 nitrogen and oxygen atoms in total. The van der Waals surface area contributed by atoms with E-state index in [4.69, 9.17) is 14.2 Å².